The van der Waals surface area contributed by atoms with E-state index in [2.05, 4.69) is 10.6 Å². The van der Waals surface area contributed by atoms with Gasteiger partial charge < -0.3 is 20.1 Å². The van der Waals surface area contributed by atoms with Crippen LogP contribution in [0.25, 0.3) is 0 Å². The fourth-order valence-corrected chi connectivity index (χ4v) is 2.25. The average molecular weight is 318 g/mol. The molecule has 1 aliphatic heterocycles. The molecule has 0 saturated carbocycles. The van der Waals surface area contributed by atoms with E-state index in [0.717, 1.165) is 5.56 Å². The predicted octanol–water partition coefficient (Wildman–Crippen LogP) is 1.42. The Labute approximate surface area is 133 Å². The van der Waals surface area contributed by atoms with Gasteiger partial charge in [-0.2, -0.15) is 0 Å². The van der Waals surface area contributed by atoms with Crippen LogP contribution in [-0.4, -0.2) is 31.2 Å². The fourth-order valence-electron chi connectivity index (χ4n) is 2.25. The van der Waals surface area contributed by atoms with Gasteiger partial charge in [0.1, 0.15) is 6.61 Å². The van der Waals surface area contributed by atoms with Gasteiger partial charge in [0.15, 0.2) is 0 Å². The number of hydrogen-bond donors (Lipinski definition) is 2. The van der Waals surface area contributed by atoms with Crippen LogP contribution in [0.15, 0.2) is 41.6 Å². The van der Waals surface area contributed by atoms with Gasteiger partial charge in [-0.1, -0.05) is 30.3 Å². The number of ether oxygens (including phenoxy) is 2. The Kier molecular flexibility index (Phi) is 5.35. The number of carbonyl (C=O) groups is 3. The maximum Gasteiger partial charge on any atom is 0.338 e. The number of carbonyl (C=O) groups excluding carboxylic acids is 3. The molecule has 2 amide bonds. The maximum atomic E-state index is 12.3. The van der Waals surface area contributed by atoms with Gasteiger partial charge in [0.2, 0.25) is 0 Å². The third-order valence-electron chi connectivity index (χ3n) is 3.20. The molecule has 0 spiro atoms. The summed E-state index contributed by atoms with van der Waals surface area (Å²) >= 11 is 0. The average Bonchev–Trinajstić information content (AvgIpc) is 2.53. The summed E-state index contributed by atoms with van der Waals surface area (Å²) in [6.45, 7) is 2.93. The maximum absolute atomic E-state index is 12.3. The van der Waals surface area contributed by atoms with Crippen molar-refractivity contribution in [3.05, 3.63) is 47.2 Å². The molecule has 0 fully saturated rings. The SMILES string of the molecule is CCOC(=O)C1=C(COC(C)=O)NC(=O)N[C@@H]1c1ccccc1. The number of nitrogens with one attached hydrogen (secondary N) is 2. The van der Waals surface area contributed by atoms with Crippen LogP contribution in [0, 0.1) is 0 Å². The first-order valence-corrected chi connectivity index (χ1v) is 7.19. The summed E-state index contributed by atoms with van der Waals surface area (Å²) in [5.74, 6) is -1.08. The highest BCUT2D eigenvalue weighted by atomic mass is 16.5. The van der Waals surface area contributed by atoms with Crippen LogP contribution < -0.4 is 10.6 Å². The molecule has 0 saturated heterocycles. The summed E-state index contributed by atoms with van der Waals surface area (Å²) in [7, 11) is 0. The Morgan fingerprint density at radius 3 is 2.48 bits per heavy atom. The molecule has 0 radical (unpaired) electrons. The summed E-state index contributed by atoms with van der Waals surface area (Å²) in [6, 6.07) is 7.87. The van der Waals surface area contributed by atoms with Crippen molar-refractivity contribution < 1.29 is 23.9 Å². The van der Waals surface area contributed by atoms with Crippen LogP contribution in [0.5, 0.6) is 0 Å². The minimum absolute atomic E-state index is 0.193. The van der Waals surface area contributed by atoms with E-state index in [4.69, 9.17) is 9.47 Å². The third-order valence-corrected chi connectivity index (χ3v) is 3.20. The molecular weight excluding hydrogens is 300 g/mol. The molecule has 1 aromatic carbocycles. The van der Waals surface area contributed by atoms with Crippen LogP contribution in [0.1, 0.15) is 25.5 Å². The highest BCUT2D eigenvalue weighted by Crippen LogP contribution is 2.27. The van der Waals surface area contributed by atoms with Crippen LogP contribution in [-0.2, 0) is 19.1 Å². The second-order valence-electron chi connectivity index (χ2n) is 4.84. The summed E-state index contributed by atoms with van der Waals surface area (Å²) in [5.41, 5.74) is 1.17. The van der Waals surface area contributed by atoms with Gasteiger partial charge in [-0.3, -0.25) is 4.79 Å². The number of amides is 2. The molecular formula is C16H18N2O5. The van der Waals surface area contributed by atoms with Crippen LogP contribution in [0.2, 0.25) is 0 Å². The highest BCUT2D eigenvalue weighted by Gasteiger charge is 2.33. The van der Waals surface area contributed by atoms with Crippen molar-refractivity contribution in [3.8, 4) is 0 Å². The predicted molar refractivity (Wildman–Crippen MR) is 81.1 cm³/mol. The molecule has 7 nitrogen and oxygen atoms in total. The molecule has 2 rings (SSSR count). The lowest BCUT2D eigenvalue weighted by molar-refractivity contribution is -0.141. The number of esters is 2. The van der Waals surface area contributed by atoms with E-state index >= 15 is 0 Å². The van der Waals surface area contributed by atoms with Crippen molar-refractivity contribution in [1.82, 2.24) is 10.6 Å². The van der Waals surface area contributed by atoms with E-state index in [1.807, 2.05) is 6.07 Å². The second kappa shape index (κ2) is 7.44. The van der Waals surface area contributed by atoms with Gasteiger partial charge >= 0.3 is 18.0 Å². The minimum Gasteiger partial charge on any atom is -0.463 e. The lowest BCUT2D eigenvalue weighted by atomic mass is 9.95. The van der Waals surface area contributed by atoms with Gasteiger partial charge in [-0.05, 0) is 12.5 Å². The van der Waals surface area contributed by atoms with E-state index in [0.29, 0.717) is 0 Å². The first kappa shape index (κ1) is 16.5. The Morgan fingerprint density at radius 1 is 1.17 bits per heavy atom. The first-order chi connectivity index (χ1) is 11.0. The molecule has 1 aliphatic rings. The Bertz CT molecular complexity index is 639. The molecule has 23 heavy (non-hydrogen) atoms. The van der Waals surface area contributed by atoms with Crippen molar-refractivity contribution in [1.29, 1.82) is 0 Å². The monoisotopic (exact) mass is 318 g/mol. The van der Waals surface area contributed by atoms with Gasteiger partial charge in [0.25, 0.3) is 0 Å². The summed E-state index contributed by atoms with van der Waals surface area (Å²) < 4.78 is 10.0. The zero-order chi connectivity index (χ0) is 16.8. The quantitative estimate of drug-likeness (QED) is 0.801. The number of rotatable bonds is 5. The minimum atomic E-state index is -0.672. The van der Waals surface area contributed by atoms with Gasteiger partial charge in [-0.15, -0.1) is 0 Å². The standard InChI is InChI=1S/C16H18N2O5/c1-3-22-15(20)13-12(9-23-10(2)19)17-16(21)18-14(13)11-7-5-4-6-8-11/h4-8,14H,3,9H2,1-2H3,(H2,17,18,21)/t14-/m1/s1. The Balaban J connectivity index is 2.44. The number of hydrogen-bond acceptors (Lipinski definition) is 5. The number of benzene rings is 1. The zero-order valence-corrected chi connectivity index (χ0v) is 12.9. The van der Waals surface area contributed by atoms with Crippen molar-refractivity contribution in [3.63, 3.8) is 0 Å². The molecule has 0 aromatic heterocycles. The molecule has 122 valence electrons. The van der Waals surface area contributed by atoms with Crippen molar-refractivity contribution in [2.75, 3.05) is 13.2 Å². The summed E-state index contributed by atoms with van der Waals surface area (Å²) in [4.78, 5) is 35.2. The van der Waals surface area contributed by atoms with E-state index < -0.39 is 24.0 Å². The van der Waals surface area contributed by atoms with Crippen LogP contribution in [0.3, 0.4) is 0 Å². The molecule has 0 bridgehead atoms. The topological polar surface area (TPSA) is 93.7 Å². The number of urea groups is 1. The molecule has 0 unspecified atom stereocenters. The molecule has 7 heteroatoms. The fraction of sp³-hybridized carbons (Fsp3) is 0.312. The van der Waals surface area contributed by atoms with Gasteiger partial charge in [0, 0.05) is 6.92 Å². The lowest BCUT2D eigenvalue weighted by Gasteiger charge is -2.29. The summed E-state index contributed by atoms with van der Waals surface area (Å²) in [6.07, 6.45) is 0. The molecule has 1 atom stereocenters. The summed E-state index contributed by atoms with van der Waals surface area (Å²) in [5, 5.41) is 5.20. The largest absolute Gasteiger partial charge is 0.463 e. The van der Waals surface area contributed by atoms with Crippen LogP contribution in [0.4, 0.5) is 4.79 Å². The Hall–Kier alpha value is -2.83. The van der Waals surface area contributed by atoms with Gasteiger partial charge in [-0.25, -0.2) is 9.59 Å². The molecule has 2 N–H and O–H groups in total. The van der Waals surface area contributed by atoms with E-state index in [9.17, 15) is 14.4 Å². The van der Waals surface area contributed by atoms with E-state index in [-0.39, 0.29) is 24.5 Å². The molecule has 1 heterocycles. The second-order valence-corrected chi connectivity index (χ2v) is 4.84. The van der Waals surface area contributed by atoms with Crippen molar-refractivity contribution >= 4 is 18.0 Å². The Morgan fingerprint density at radius 2 is 1.87 bits per heavy atom. The third kappa shape index (κ3) is 4.09. The smallest absolute Gasteiger partial charge is 0.338 e. The highest BCUT2D eigenvalue weighted by molar-refractivity contribution is 5.95. The normalized spacial score (nSPS) is 17.1. The molecule has 0 aliphatic carbocycles. The zero-order valence-electron chi connectivity index (χ0n) is 12.9. The van der Waals surface area contributed by atoms with Crippen molar-refractivity contribution in [2.45, 2.75) is 19.9 Å². The van der Waals surface area contributed by atoms with Crippen molar-refractivity contribution in [2.24, 2.45) is 0 Å². The first-order valence-electron chi connectivity index (χ1n) is 7.19. The lowest BCUT2D eigenvalue weighted by Crippen LogP contribution is -2.47. The van der Waals surface area contributed by atoms with Crippen LogP contribution >= 0.6 is 0 Å². The van der Waals surface area contributed by atoms with E-state index in [1.54, 1.807) is 31.2 Å². The molecule has 1 aromatic rings. The van der Waals surface area contributed by atoms with E-state index in [1.165, 1.54) is 6.92 Å². The van der Waals surface area contributed by atoms with Gasteiger partial charge in [0.05, 0.1) is 23.9 Å².